The van der Waals surface area contributed by atoms with Gasteiger partial charge in [0.25, 0.3) is 5.91 Å². The molecule has 0 aliphatic carbocycles. The van der Waals surface area contributed by atoms with Crippen LogP contribution in [-0.2, 0) is 9.53 Å². The van der Waals surface area contributed by atoms with E-state index in [4.69, 9.17) is 9.47 Å². The number of thioether (sulfide) groups is 1. The van der Waals surface area contributed by atoms with Gasteiger partial charge in [-0.3, -0.25) is 15.1 Å². The lowest BCUT2D eigenvalue weighted by molar-refractivity contribution is -0.116. The number of hydrogen-bond acceptors (Lipinski definition) is 6. The maximum atomic E-state index is 12.2. The Balaban J connectivity index is 1.76. The third-order valence-corrected chi connectivity index (χ3v) is 4.65. The Kier molecular flexibility index (Phi) is 5.27. The van der Waals surface area contributed by atoms with E-state index in [0.29, 0.717) is 10.7 Å². The highest BCUT2D eigenvalue weighted by Crippen LogP contribution is 2.30. The van der Waals surface area contributed by atoms with E-state index in [9.17, 15) is 9.59 Å². The number of carbonyl (C=O) groups excluding carboxylic acids is 2. The molecular weight excluding hydrogens is 366 g/mol. The summed E-state index contributed by atoms with van der Waals surface area (Å²) in [5, 5.41) is 6.20. The molecule has 2 aromatic rings. The van der Waals surface area contributed by atoms with E-state index in [2.05, 4.69) is 15.6 Å². The molecule has 142 valence electrons. The highest BCUT2D eigenvalue weighted by atomic mass is 32.2. The van der Waals surface area contributed by atoms with E-state index >= 15 is 0 Å². The van der Waals surface area contributed by atoms with Crippen molar-refractivity contribution in [3.05, 3.63) is 40.9 Å². The maximum Gasteiger partial charge on any atom is 0.409 e. The summed E-state index contributed by atoms with van der Waals surface area (Å²) in [5.41, 5.74) is 0.470. The van der Waals surface area contributed by atoms with E-state index in [1.807, 2.05) is 18.2 Å². The number of nitrogens with one attached hydrogen (secondary N) is 2. The van der Waals surface area contributed by atoms with Crippen molar-refractivity contribution in [3.8, 4) is 5.75 Å². The van der Waals surface area contributed by atoms with Crippen molar-refractivity contribution in [2.24, 2.45) is 0 Å². The Morgan fingerprint density at radius 3 is 2.81 bits per heavy atom. The van der Waals surface area contributed by atoms with Gasteiger partial charge in [-0.15, -0.1) is 0 Å². The molecule has 1 aliphatic rings. The van der Waals surface area contributed by atoms with Crippen LogP contribution >= 0.6 is 11.8 Å². The number of aromatic nitrogens is 1. The van der Waals surface area contributed by atoms with E-state index in [-0.39, 0.29) is 5.91 Å². The Morgan fingerprint density at radius 1 is 1.33 bits per heavy atom. The zero-order valence-corrected chi connectivity index (χ0v) is 16.3. The number of alkyl carbamates (subject to hydrolysis) is 1. The summed E-state index contributed by atoms with van der Waals surface area (Å²) in [5.74, 6) is 0.465. The molecule has 8 heteroatoms. The van der Waals surface area contributed by atoms with Gasteiger partial charge in [0.2, 0.25) is 0 Å². The number of benzene rings is 1. The van der Waals surface area contributed by atoms with Gasteiger partial charge in [-0.2, -0.15) is 0 Å². The van der Waals surface area contributed by atoms with E-state index in [1.54, 1.807) is 46.2 Å². The molecule has 3 rings (SSSR count). The molecule has 1 fully saturated rings. The van der Waals surface area contributed by atoms with Crippen molar-refractivity contribution in [3.63, 3.8) is 0 Å². The minimum absolute atomic E-state index is 0.251. The Bertz CT molecular complexity index is 921. The molecule has 0 spiro atoms. The Labute approximate surface area is 161 Å². The summed E-state index contributed by atoms with van der Waals surface area (Å²) >= 11 is 1.22. The number of carbonyl (C=O) groups is 2. The third kappa shape index (κ3) is 4.71. The highest BCUT2D eigenvalue weighted by molar-refractivity contribution is 8.05. The normalized spacial score (nSPS) is 18.4. The number of ether oxygens (including phenoxy) is 2. The van der Waals surface area contributed by atoms with Crippen LogP contribution in [0.5, 0.6) is 5.75 Å². The monoisotopic (exact) mass is 387 g/mol. The second kappa shape index (κ2) is 7.48. The van der Waals surface area contributed by atoms with Crippen LogP contribution in [0.4, 0.5) is 4.79 Å². The molecule has 2 N–H and O–H groups in total. The van der Waals surface area contributed by atoms with Gasteiger partial charge in [-0.05, 0) is 50.6 Å². The first-order valence-electron chi connectivity index (χ1n) is 8.37. The van der Waals surface area contributed by atoms with Crippen molar-refractivity contribution >= 4 is 40.7 Å². The van der Waals surface area contributed by atoms with Crippen LogP contribution in [0.3, 0.4) is 0 Å². The fourth-order valence-electron chi connectivity index (χ4n) is 2.54. The Morgan fingerprint density at radius 2 is 2.11 bits per heavy atom. The average Bonchev–Trinajstić information content (AvgIpc) is 2.91. The summed E-state index contributed by atoms with van der Waals surface area (Å²) in [6, 6.07) is 7.45. The quantitative estimate of drug-likeness (QED) is 0.786. The SMILES string of the molecule is COc1ccnc2ccc(/C=C3\SC(NC(=O)OC(C)(C)C)NC3=O)cc12. The predicted octanol–water partition coefficient (Wildman–Crippen LogP) is 3.26. The number of fused-ring (bicyclic) bond motifs is 1. The predicted molar refractivity (Wildman–Crippen MR) is 105 cm³/mol. The lowest BCUT2D eigenvalue weighted by atomic mass is 10.1. The van der Waals surface area contributed by atoms with Crippen LogP contribution < -0.4 is 15.4 Å². The minimum Gasteiger partial charge on any atom is -0.496 e. The van der Waals surface area contributed by atoms with Crippen LogP contribution in [0.15, 0.2) is 35.4 Å². The van der Waals surface area contributed by atoms with Gasteiger partial charge in [0, 0.05) is 11.6 Å². The van der Waals surface area contributed by atoms with Crippen LogP contribution in [0, 0.1) is 0 Å². The molecule has 0 radical (unpaired) electrons. The largest absolute Gasteiger partial charge is 0.496 e. The molecule has 0 saturated carbocycles. The standard InChI is InChI=1S/C19H21N3O4S/c1-19(2,3)26-18(24)22-17-21-16(23)15(27-17)10-11-5-6-13-12(9-11)14(25-4)7-8-20-13/h5-10,17H,1-4H3,(H,21,23)(H,22,24)/b15-10-. The molecule has 1 aromatic heterocycles. The van der Waals surface area contributed by atoms with Crippen molar-refractivity contribution < 1.29 is 19.1 Å². The first-order chi connectivity index (χ1) is 12.7. The molecule has 0 bridgehead atoms. The van der Waals surface area contributed by atoms with Crippen molar-refractivity contribution in [1.29, 1.82) is 0 Å². The lowest BCUT2D eigenvalue weighted by Crippen LogP contribution is -2.43. The number of nitrogens with zero attached hydrogens (tertiary/aromatic N) is 1. The van der Waals surface area contributed by atoms with Gasteiger partial charge < -0.3 is 14.8 Å². The lowest BCUT2D eigenvalue weighted by Gasteiger charge is -2.21. The molecular formula is C19H21N3O4S. The highest BCUT2D eigenvalue weighted by Gasteiger charge is 2.29. The summed E-state index contributed by atoms with van der Waals surface area (Å²) in [4.78, 5) is 28.9. The summed E-state index contributed by atoms with van der Waals surface area (Å²) in [7, 11) is 1.60. The van der Waals surface area contributed by atoms with E-state index in [1.165, 1.54) is 11.8 Å². The molecule has 2 amide bonds. The number of pyridine rings is 1. The number of hydrogen-bond donors (Lipinski definition) is 2. The molecule has 1 saturated heterocycles. The molecule has 1 aromatic carbocycles. The molecule has 7 nitrogen and oxygen atoms in total. The van der Waals surface area contributed by atoms with E-state index < -0.39 is 17.2 Å². The van der Waals surface area contributed by atoms with Gasteiger partial charge in [-0.1, -0.05) is 17.8 Å². The van der Waals surface area contributed by atoms with Crippen LogP contribution in [0.2, 0.25) is 0 Å². The summed E-state index contributed by atoms with van der Waals surface area (Å²) in [6.07, 6.45) is 2.87. The molecule has 1 unspecified atom stereocenters. The minimum atomic E-state index is -0.603. The van der Waals surface area contributed by atoms with Crippen molar-refractivity contribution in [2.45, 2.75) is 31.9 Å². The molecule has 1 aliphatic heterocycles. The first kappa shape index (κ1) is 19.0. The third-order valence-electron chi connectivity index (χ3n) is 3.62. The van der Waals surface area contributed by atoms with Crippen molar-refractivity contribution in [2.75, 3.05) is 7.11 Å². The zero-order chi connectivity index (χ0) is 19.6. The second-order valence-corrected chi connectivity index (χ2v) is 8.06. The average molecular weight is 387 g/mol. The van der Waals surface area contributed by atoms with Gasteiger partial charge in [0.1, 0.15) is 11.4 Å². The molecule has 1 atom stereocenters. The van der Waals surface area contributed by atoms with Gasteiger partial charge in [0.05, 0.1) is 17.5 Å². The topological polar surface area (TPSA) is 89.6 Å². The fraction of sp³-hybridized carbons (Fsp3) is 0.316. The van der Waals surface area contributed by atoms with Crippen LogP contribution in [0.25, 0.3) is 17.0 Å². The number of methoxy groups -OCH3 is 1. The maximum absolute atomic E-state index is 12.2. The Hall–Kier alpha value is -2.74. The fourth-order valence-corrected chi connectivity index (χ4v) is 3.48. The van der Waals surface area contributed by atoms with Gasteiger partial charge in [-0.25, -0.2) is 4.79 Å². The molecule has 27 heavy (non-hydrogen) atoms. The van der Waals surface area contributed by atoms with Crippen LogP contribution in [0.1, 0.15) is 26.3 Å². The van der Waals surface area contributed by atoms with Crippen molar-refractivity contribution in [1.82, 2.24) is 15.6 Å². The number of amides is 2. The van der Waals surface area contributed by atoms with Gasteiger partial charge in [0.15, 0.2) is 5.50 Å². The number of rotatable bonds is 3. The second-order valence-electron chi connectivity index (χ2n) is 6.92. The summed E-state index contributed by atoms with van der Waals surface area (Å²) in [6.45, 7) is 5.34. The zero-order valence-electron chi connectivity index (χ0n) is 15.5. The van der Waals surface area contributed by atoms with E-state index in [0.717, 1.165) is 16.5 Å². The van der Waals surface area contributed by atoms with Crippen LogP contribution in [-0.4, -0.2) is 35.2 Å². The molecule has 2 heterocycles. The smallest absolute Gasteiger partial charge is 0.409 e. The van der Waals surface area contributed by atoms with Gasteiger partial charge >= 0.3 is 6.09 Å². The summed E-state index contributed by atoms with van der Waals surface area (Å²) < 4.78 is 10.6. The first-order valence-corrected chi connectivity index (χ1v) is 9.24.